The van der Waals surface area contributed by atoms with E-state index < -0.39 is 11.8 Å². The van der Waals surface area contributed by atoms with Gasteiger partial charge in [-0.3, -0.25) is 4.79 Å². The molecule has 0 fully saturated rings. The van der Waals surface area contributed by atoms with Crippen LogP contribution < -0.4 is 0 Å². The summed E-state index contributed by atoms with van der Waals surface area (Å²) < 4.78 is 5.00. The molecule has 0 radical (unpaired) electrons. The summed E-state index contributed by atoms with van der Waals surface area (Å²) >= 11 is 0. The van der Waals surface area contributed by atoms with Gasteiger partial charge >= 0.3 is 5.97 Å². The molecule has 0 aromatic heterocycles. The van der Waals surface area contributed by atoms with Crippen LogP contribution in [0.25, 0.3) is 0 Å². The molecule has 20 heavy (non-hydrogen) atoms. The van der Waals surface area contributed by atoms with E-state index in [1.54, 1.807) is 0 Å². The minimum absolute atomic E-state index is 0.165. The van der Waals surface area contributed by atoms with Crippen LogP contribution >= 0.6 is 0 Å². The molecule has 0 saturated carbocycles. The van der Waals surface area contributed by atoms with Gasteiger partial charge in [0.05, 0.1) is 0 Å². The van der Waals surface area contributed by atoms with Crippen LogP contribution in [0.2, 0.25) is 0 Å². The molecule has 0 atom stereocenters. The third-order valence-electron chi connectivity index (χ3n) is 3.13. The summed E-state index contributed by atoms with van der Waals surface area (Å²) in [5, 5.41) is 0. The molecule has 0 aliphatic carbocycles. The highest BCUT2D eigenvalue weighted by Crippen LogP contribution is 2.10. The largest absolute Gasteiger partial charge is 0.455 e. The van der Waals surface area contributed by atoms with Crippen molar-refractivity contribution in [3.63, 3.8) is 0 Å². The van der Waals surface area contributed by atoms with E-state index in [9.17, 15) is 9.59 Å². The zero-order valence-electron chi connectivity index (χ0n) is 12.4. The molecule has 0 saturated heterocycles. The number of carbonyl (C=O) groups is 2. The minimum atomic E-state index is -0.710. The monoisotopic (exact) mass is 276 g/mol. The number of hydrogen-bond donors (Lipinski definition) is 0. The second-order valence-corrected chi connectivity index (χ2v) is 5.48. The minimum Gasteiger partial charge on any atom is -0.455 e. The molecule has 1 aromatic carbocycles. The van der Waals surface area contributed by atoms with Gasteiger partial charge < -0.3 is 4.74 Å². The molecule has 0 spiro atoms. The van der Waals surface area contributed by atoms with Gasteiger partial charge in [0.15, 0.2) is 0 Å². The van der Waals surface area contributed by atoms with E-state index in [0.717, 1.165) is 24.8 Å². The SMILES string of the molecule is CC(C)CCCCCC(=O)C(=O)OCc1ccccc1. The number of Topliss-reactive ketones (excluding diaryl/α,β-unsaturated/α-hetero) is 1. The average molecular weight is 276 g/mol. The number of ether oxygens (including phenoxy) is 1. The smallest absolute Gasteiger partial charge is 0.374 e. The number of esters is 1. The van der Waals surface area contributed by atoms with Gasteiger partial charge in [0, 0.05) is 6.42 Å². The Bertz CT molecular complexity index is 410. The van der Waals surface area contributed by atoms with Gasteiger partial charge in [-0.05, 0) is 17.9 Å². The zero-order chi connectivity index (χ0) is 14.8. The first-order valence-electron chi connectivity index (χ1n) is 7.33. The predicted octanol–water partition coefficient (Wildman–Crippen LogP) is 3.91. The number of hydrogen-bond acceptors (Lipinski definition) is 3. The van der Waals surface area contributed by atoms with E-state index in [-0.39, 0.29) is 6.61 Å². The van der Waals surface area contributed by atoms with Crippen molar-refractivity contribution in [1.82, 2.24) is 0 Å². The lowest BCUT2D eigenvalue weighted by Gasteiger charge is -2.05. The third kappa shape index (κ3) is 7.07. The lowest BCUT2D eigenvalue weighted by Crippen LogP contribution is -2.17. The van der Waals surface area contributed by atoms with Gasteiger partial charge in [-0.15, -0.1) is 0 Å². The highest BCUT2D eigenvalue weighted by molar-refractivity contribution is 6.33. The van der Waals surface area contributed by atoms with Crippen LogP contribution in [0.3, 0.4) is 0 Å². The average Bonchev–Trinajstić information content (AvgIpc) is 2.45. The molecule has 0 amide bonds. The second kappa shape index (κ2) is 9.29. The fourth-order valence-electron chi connectivity index (χ4n) is 1.92. The van der Waals surface area contributed by atoms with Crippen molar-refractivity contribution in [2.75, 3.05) is 0 Å². The number of rotatable bonds is 9. The number of ketones is 1. The molecule has 1 rings (SSSR count). The van der Waals surface area contributed by atoms with Crippen molar-refractivity contribution >= 4 is 11.8 Å². The van der Waals surface area contributed by atoms with Crippen LogP contribution in [0.5, 0.6) is 0 Å². The van der Waals surface area contributed by atoms with Gasteiger partial charge in [-0.2, -0.15) is 0 Å². The highest BCUT2D eigenvalue weighted by Gasteiger charge is 2.14. The van der Waals surface area contributed by atoms with Gasteiger partial charge in [-0.1, -0.05) is 63.4 Å². The molecule has 0 unspecified atom stereocenters. The van der Waals surface area contributed by atoms with Crippen molar-refractivity contribution in [1.29, 1.82) is 0 Å². The number of unbranched alkanes of at least 4 members (excludes halogenated alkanes) is 2. The Morgan fingerprint density at radius 2 is 1.75 bits per heavy atom. The fraction of sp³-hybridized carbons (Fsp3) is 0.529. The summed E-state index contributed by atoms with van der Waals surface area (Å²) in [5.41, 5.74) is 0.894. The Labute approximate surface area is 121 Å². The summed E-state index contributed by atoms with van der Waals surface area (Å²) in [6.07, 6.45) is 4.35. The van der Waals surface area contributed by atoms with E-state index in [2.05, 4.69) is 13.8 Å². The molecule has 3 nitrogen and oxygen atoms in total. The van der Waals surface area contributed by atoms with E-state index in [0.29, 0.717) is 12.3 Å². The van der Waals surface area contributed by atoms with Crippen LogP contribution in [-0.4, -0.2) is 11.8 Å². The third-order valence-corrected chi connectivity index (χ3v) is 3.13. The standard InChI is InChI=1S/C17H24O3/c1-14(2)9-5-3-8-12-16(18)17(19)20-13-15-10-6-4-7-11-15/h4,6-7,10-11,14H,3,5,8-9,12-13H2,1-2H3. The molecule has 3 heteroatoms. The van der Waals surface area contributed by atoms with Crippen LogP contribution in [0.4, 0.5) is 0 Å². The highest BCUT2D eigenvalue weighted by atomic mass is 16.5. The first-order chi connectivity index (χ1) is 9.59. The fourth-order valence-corrected chi connectivity index (χ4v) is 1.92. The summed E-state index contributed by atoms with van der Waals surface area (Å²) in [6, 6.07) is 9.38. The van der Waals surface area contributed by atoms with E-state index >= 15 is 0 Å². The van der Waals surface area contributed by atoms with Gasteiger partial charge in [0.25, 0.3) is 0 Å². The molecule has 0 N–H and O–H groups in total. The van der Waals surface area contributed by atoms with Crippen LogP contribution in [-0.2, 0) is 20.9 Å². The molecule has 0 bridgehead atoms. The Balaban J connectivity index is 2.15. The van der Waals surface area contributed by atoms with Crippen molar-refractivity contribution in [3.8, 4) is 0 Å². The summed E-state index contributed by atoms with van der Waals surface area (Å²) in [7, 11) is 0. The van der Waals surface area contributed by atoms with Crippen molar-refractivity contribution < 1.29 is 14.3 Å². The van der Waals surface area contributed by atoms with Crippen molar-refractivity contribution in [2.24, 2.45) is 5.92 Å². The van der Waals surface area contributed by atoms with Gasteiger partial charge in [-0.25, -0.2) is 4.79 Å². The van der Waals surface area contributed by atoms with Gasteiger partial charge in [0.2, 0.25) is 5.78 Å². The number of benzene rings is 1. The Hall–Kier alpha value is -1.64. The van der Waals surface area contributed by atoms with Crippen LogP contribution in [0, 0.1) is 5.92 Å². The quantitative estimate of drug-likeness (QED) is 0.390. The summed E-state index contributed by atoms with van der Waals surface area (Å²) in [5.74, 6) is -0.426. The topological polar surface area (TPSA) is 43.4 Å². The summed E-state index contributed by atoms with van der Waals surface area (Å²) in [4.78, 5) is 23.1. The maximum absolute atomic E-state index is 11.6. The lowest BCUT2D eigenvalue weighted by atomic mass is 10.0. The lowest BCUT2D eigenvalue weighted by molar-refractivity contribution is -0.154. The first-order valence-corrected chi connectivity index (χ1v) is 7.33. The van der Waals surface area contributed by atoms with Crippen molar-refractivity contribution in [2.45, 2.75) is 52.6 Å². The maximum atomic E-state index is 11.6. The van der Waals surface area contributed by atoms with Crippen LogP contribution in [0.1, 0.15) is 51.5 Å². The zero-order valence-corrected chi connectivity index (χ0v) is 12.4. The van der Waals surface area contributed by atoms with E-state index in [4.69, 9.17) is 4.74 Å². The van der Waals surface area contributed by atoms with Gasteiger partial charge in [0.1, 0.15) is 6.61 Å². The molecular weight excluding hydrogens is 252 g/mol. The van der Waals surface area contributed by atoms with E-state index in [1.165, 1.54) is 6.42 Å². The summed E-state index contributed by atoms with van der Waals surface area (Å²) in [6.45, 7) is 4.54. The Morgan fingerprint density at radius 1 is 1.05 bits per heavy atom. The van der Waals surface area contributed by atoms with Crippen LogP contribution in [0.15, 0.2) is 30.3 Å². The Kier molecular flexibility index (Phi) is 7.63. The molecule has 0 aliphatic rings. The normalized spacial score (nSPS) is 10.6. The number of carbonyl (C=O) groups excluding carboxylic acids is 2. The first kappa shape index (κ1) is 16.4. The maximum Gasteiger partial charge on any atom is 0.374 e. The van der Waals surface area contributed by atoms with E-state index in [1.807, 2.05) is 30.3 Å². The molecule has 110 valence electrons. The molecule has 1 aromatic rings. The second-order valence-electron chi connectivity index (χ2n) is 5.48. The molecule has 0 aliphatic heterocycles. The molecule has 0 heterocycles. The Morgan fingerprint density at radius 3 is 2.40 bits per heavy atom. The van der Waals surface area contributed by atoms with Crippen molar-refractivity contribution in [3.05, 3.63) is 35.9 Å². The molecular formula is C17H24O3. The predicted molar refractivity (Wildman–Crippen MR) is 79.2 cm³/mol.